The van der Waals surface area contributed by atoms with Crippen LogP contribution in [0.5, 0.6) is 0 Å². The van der Waals surface area contributed by atoms with Crippen molar-refractivity contribution in [2.24, 2.45) is 0 Å². The van der Waals surface area contributed by atoms with Gasteiger partial charge in [-0.2, -0.15) is 5.10 Å². The summed E-state index contributed by atoms with van der Waals surface area (Å²) in [5.74, 6) is -0.132. The summed E-state index contributed by atoms with van der Waals surface area (Å²) in [4.78, 5) is 18.0. The molecule has 0 aliphatic rings. The summed E-state index contributed by atoms with van der Waals surface area (Å²) in [7, 11) is 0. The Morgan fingerprint density at radius 3 is 2.61 bits per heavy atom. The third-order valence-electron chi connectivity index (χ3n) is 4.50. The maximum Gasteiger partial charge on any atom is 0.255 e. The molecule has 1 aromatic carbocycles. The highest BCUT2D eigenvalue weighted by molar-refractivity contribution is 7.13. The van der Waals surface area contributed by atoms with Crippen molar-refractivity contribution < 1.29 is 4.79 Å². The Labute approximate surface area is 167 Å². The standard InChI is InChI=1S/C22H20N4OS/c1-16(18-9-11-23-12-10-18)24-22(27)19-15-26(14-17-6-3-2-4-7-17)25-21(19)20-8-5-13-28-20/h2-13,15-16H,14H2,1H3,(H,24,27). The van der Waals surface area contributed by atoms with E-state index in [0.717, 1.165) is 16.0 Å². The lowest BCUT2D eigenvalue weighted by atomic mass is 10.1. The first-order valence-corrected chi connectivity index (χ1v) is 9.95. The highest BCUT2D eigenvalue weighted by Crippen LogP contribution is 2.27. The van der Waals surface area contributed by atoms with E-state index in [1.807, 2.05) is 65.6 Å². The number of amides is 1. The van der Waals surface area contributed by atoms with Gasteiger partial charge in [-0.3, -0.25) is 14.5 Å². The molecule has 0 radical (unpaired) electrons. The number of nitrogens with zero attached hydrogens (tertiary/aromatic N) is 3. The molecule has 28 heavy (non-hydrogen) atoms. The second-order valence-corrected chi connectivity index (χ2v) is 7.48. The van der Waals surface area contributed by atoms with Crippen LogP contribution in [0.4, 0.5) is 0 Å². The molecule has 1 amide bonds. The predicted molar refractivity (Wildman–Crippen MR) is 111 cm³/mol. The fraction of sp³-hybridized carbons (Fsp3) is 0.136. The summed E-state index contributed by atoms with van der Waals surface area (Å²) < 4.78 is 1.83. The van der Waals surface area contributed by atoms with Gasteiger partial charge in [0.2, 0.25) is 0 Å². The van der Waals surface area contributed by atoms with E-state index in [-0.39, 0.29) is 11.9 Å². The molecule has 5 nitrogen and oxygen atoms in total. The van der Waals surface area contributed by atoms with Gasteiger partial charge in [-0.25, -0.2) is 0 Å². The van der Waals surface area contributed by atoms with Crippen LogP contribution in [-0.2, 0) is 6.54 Å². The van der Waals surface area contributed by atoms with Crippen molar-refractivity contribution in [1.82, 2.24) is 20.1 Å². The maximum atomic E-state index is 13.0. The average Bonchev–Trinajstić information content (AvgIpc) is 3.39. The van der Waals surface area contributed by atoms with Gasteiger partial charge in [-0.15, -0.1) is 11.3 Å². The monoisotopic (exact) mass is 388 g/mol. The molecule has 4 rings (SSSR count). The molecule has 1 N–H and O–H groups in total. The third kappa shape index (κ3) is 4.02. The zero-order chi connectivity index (χ0) is 19.3. The van der Waals surface area contributed by atoms with Crippen LogP contribution in [-0.4, -0.2) is 20.7 Å². The van der Waals surface area contributed by atoms with Gasteiger partial charge in [0.25, 0.3) is 5.91 Å². The van der Waals surface area contributed by atoms with Crippen molar-refractivity contribution in [2.45, 2.75) is 19.5 Å². The van der Waals surface area contributed by atoms with E-state index >= 15 is 0 Å². The molecule has 1 atom stereocenters. The lowest BCUT2D eigenvalue weighted by Crippen LogP contribution is -2.26. The number of carbonyl (C=O) groups excluding carboxylic acids is 1. The highest BCUT2D eigenvalue weighted by Gasteiger charge is 2.20. The number of nitrogens with one attached hydrogen (secondary N) is 1. The molecule has 3 heterocycles. The minimum Gasteiger partial charge on any atom is -0.345 e. The number of hydrogen-bond donors (Lipinski definition) is 1. The highest BCUT2D eigenvalue weighted by atomic mass is 32.1. The zero-order valence-corrected chi connectivity index (χ0v) is 16.3. The van der Waals surface area contributed by atoms with Gasteiger partial charge in [0.05, 0.1) is 23.0 Å². The van der Waals surface area contributed by atoms with Crippen LogP contribution in [0.25, 0.3) is 10.6 Å². The van der Waals surface area contributed by atoms with Gasteiger partial charge in [0.15, 0.2) is 0 Å². The fourth-order valence-electron chi connectivity index (χ4n) is 3.04. The quantitative estimate of drug-likeness (QED) is 0.527. The second kappa shape index (κ2) is 8.19. The molecule has 0 saturated heterocycles. The molecule has 0 bridgehead atoms. The number of thiophene rings is 1. The Morgan fingerprint density at radius 2 is 1.89 bits per heavy atom. The average molecular weight is 388 g/mol. The molecule has 1 unspecified atom stereocenters. The van der Waals surface area contributed by atoms with Gasteiger partial charge >= 0.3 is 0 Å². The molecule has 0 saturated carbocycles. The number of carbonyl (C=O) groups is 1. The van der Waals surface area contributed by atoms with Crippen LogP contribution in [0, 0.1) is 0 Å². The Bertz CT molecular complexity index is 1040. The minimum atomic E-state index is -0.132. The van der Waals surface area contributed by atoms with E-state index in [0.29, 0.717) is 17.8 Å². The van der Waals surface area contributed by atoms with Crippen molar-refractivity contribution in [3.05, 3.63) is 95.3 Å². The summed E-state index contributed by atoms with van der Waals surface area (Å²) in [6.07, 6.45) is 5.29. The molecule has 0 aliphatic heterocycles. The van der Waals surface area contributed by atoms with Crippen molar-refractivity contribution in [2.75, 3.05) is 0 Å². The SMILES string of the molecule is CC(NC(=O)c1cn(Cc2ccccc2)nc1-c1cccs1)c1ccncc1. The van der Waals surface area contributed by atoms with Gasteiger partial charge in [-0.05, 0) is 41.6 Å². The predicted octanol–water partition coefficient (Wildman–Crippen LogP) is 4.55. The van der Waals surface area contributed by atoms with E-state index in [4.69, 9.17) is 5.10 Å². The molecule has 140 valence electrons. The fourth-order valence-corrected chi connectivity index (χ4v) is 3.77. The van der Waals surface area contributed by atoms with Crippen molar-refractivity contribution in [3.63, 3.8) is 0 Å². The van der Waals surface area contributed by atoms with Crippen LogP contribution >= 0.6 is 11.3 Å². The Hall–Kier alpha value is -3.25. The van der Waals surface area contributed by atoms with Gasteiger partial charge in [0, 0.05) is 18.6 Å². The van der Waals surface area contributed by atoms with E-state index in [9.17, 15) is 4.79 Å². The molecule has 4 aromatic rings. The van der Waals surface area contributed by atoms with E-state index in [2.05, 4.69) is 22.4 Å². The first kappa shape index (κ1) is 18.1. The number of pyridine rings is 1. The van der Waals surface area contributed by atoms with Gasteiger partial charge in [0.1, 0.15) is 5.69 Å². The molecule has 0 spiro atoms. The molecule has 0 fully saturated rings. The van der Waals surface area contributed by atoms with Crippen LogP contribution in [0.2, 0.25) is 0 Å². The Morgan fingerprint density at radius 1 is 1.11 bits per heavy atom. The van der Waals surface area contributed by atoms with Crippen molar-refractivity contribution in [1.29, 1.82) is 0 Å². The summed E-state index contributed by atoms with van der Waals surface area (Å²) in [5, 5.41) is 9.77. The van der Waals surface area contributed by atoms with Crippen LogP contribution in [0.3, 0.4) is 0 Å². The number of benzene rings is 1. The molecular weight excluding hydrogens is 368 g/mol. The molecule has 6 heteroatoms. The topological polar surface area (TPSA) is 59.8 Å². The van der Waals surface area contributed by atoms with E-state index in [1.54, 1.807) is 23.7 Å². The molecule has 3 aromatic heterocycles. The van der Waals surface area contributed by atoms with Gasteiger partial charge < -0.3 is 5.32 Å². The summed E-state index contributed by atoms with van der Waals surface area (Å²) in [6, 6.07) is 17.8. The van der Waals surface area contributed by atoms with Crippen LogP contribution < -0.4 is 5.32 Å². The number of aromatic nitrogens is 3. The summed E-state index contributed by atoms with van der Waals surface area (Å²) >= 11 is 1.58. The summed E-state index contributed by atoms with van der Waals surface area (Å²) in [5.41, 5.74) is 3.45. The normalized spacial score (nSPS) is 11.9. The van der Waals surface area contributed by atoms with Crippen molar-refractivity contribution in [3.8, 4) is 10.6 Å². The number of rotatable bonds is 6. The largest absolute Gasteiger partial charge is 0.345 e. The van der Waals surface area contributed by atoms with Gasteiger partial charge in [-0.1, -0.05) is 36.4 Å². The first-order chi connectivity index (χ1) is 13.7. The van der Waals surface area contributed by atoms with Crippen LogP contribution in [0.15, 0.2) is 78.6 Å². The van der Waals surface area contributed by atoms with E-state index < -0.39 is 0 Å². The second-order valence-electron chi connectivity index (χ2n) is 6.53. The minimum absolute atomic E-state index is 0.121. The first-order valence-electron chi connectivity index (χ1n) is 9.07. The zero-order valence-electron chi connectivity index (χ0n) is 15.4. The summed E-state index contributed by atoms with van der Waals surface area (Å²) in [6.45, 7) is 2.58. The molecule has 0 aliphatic carbocycles. The molecular formula is C22H20N4OS. The van der Waals surface area contributed by atoms with E-state index in [1.165, 1.54) is 0 Å². The van der Waals surface area contributed by atoms with Crippen molar-refractivity contribution >= 4 is 17.2 Å². The lowest BCUT2D eigenvalue weighted by Gasteiger charge is -2.13. The third-order valence-corrected chi connectivity index (χ3v) is 5.38. The van der Waals surface area contributed by atoms with Crippen LogP contribution in [0.1, 0.15) is 34.5 Å². The smallest absolute Gasteiger partial charge is 0.255 e. The Kier molecular flexibility index (Phi) is 5.30. The Balaban J connectivity index is 1.62. The lowest BCUT2D eigenvalue weighted by molar-refractivity contribution is 0.0940. The maximum absolute atomic E-state index is 13.0. The number of hydrogen-bond acceptors (Lipinski definition) is 4.